The molecule has 0 saturated carbocycles. The van der Waals surface area contributed by atoms with Crippen LogP contribution in [0.4, 0.5) is 39.5 Å². The van der Waals surface area contributed by atoms with Crippen LogP contribution < -0.4 is 15.0 Å². The van der Waals surface area contributed by atoms with Gasteiger partial charge >= 0.3 is 18.5 Å². The van der Waals surface area contributed by atoms with Gasteiger partial charge in [0.05, 0.1) is 26.5 Å². The molecule has 0 heterocycles. The molecule has 0 aliphatic carbocycles. The van der Waals surface area contributed by atoms with Crippen molar-refractivity contribution >= 4 is 37.7 Å². The number of thioether (sulfide) groups is 1. The summed E-state index contributed by atoms with van der Waals surface area (Å²) in [5, 5.41) is 0. The van der Waals surface area contributed by atoms with Gasteiger partial charge in [-0.25, -0.2) is 16.8 Å². The Hall–Kier alpha value is -2.55. The molecule has 3 N–H and O–H groups in total. The van der Waals surface area contributed by atoms with Gasteiger partial charge in [0.15, 0.2) is 0 Å². The van der Waals surface area contributed by atoms with Crippen LogP contribution in [-0.4, -0.2) is 40.8 Å². The van der Waals surface area contributed by atoms with Crippen molar-refractivity contribution in [1.29, 1.82) is 0 Å². The Bertz CT molecular complexity index is 1410. The van der Waals surface area contributed by atoms with Crippen LogP contribution in [0.5, 0.6) is 0 Å². The zero-order chi connectivity index (χ0) is 30.7. The monoisotopic (exact) mass is 647 g/mol. The summed E-state index contributed by atoms with van der Waals surface area (Å²) in [6, 6.07) is 0.353. The van der Waals surface area contributed by atoms with Crippen LogP contribution in [0.2, 0.25) is 0 Å². The van der Waals surface area contributed by atoms with Gasteiger partial charge in [-0.3, -0.25) is 10.2 Å². The van der Waals surface area contributed by atoms with Gasteiger partial charge in [0, 0.05) is 0 Å². The largest absolute Gasteiger partial charge is 0.417 e. The number of carbonyl (C=O) groups excluding carboxylic acids is 1. The van der Waals surface area contributed by atoms with E-state index in [1.807, 2.05) is 0 Å². The summed E-state index contributed by atoms with van der Waals surface area (Å²) in [7, 11) is -10.4. The number of hydrazine groups is 1. The third kappa shape index (κ3) is 8.72. The average molecular weight is 648 g/mol. The standard InChI is InChI=1S/C20H18F9N3O5S3/c1-38-7-6-15(17(33)30-32-40(36,37)16-5-3-2-4-14(16)20(27,28)29)31-39(34,35)13-9-11(18(21,22)23)8-12(10-13)19(24,25)26/h2-5,8-10,15,31-32H,6-7H2,1H3,(H,30,33). The molecule has 1 amide bonds. The summed E-state index contributed by atoms with van der Waals surface area (Å²) in [5.41, 5.74) is -3.99. The molecule has 224 valence electrons. The number of nitrogens with one attached hydrogen (secondary N) is 3. The second kappa shape index (κ2) is 12.1. The van der Waals surface area contributed by atoms with E-state index in [4.69, 9.17) is 0 Å². The first-order valence-electron chi connectivity index (χ1n) is 10.4. The molecule has 2 rings (SSSR count). The molecule has 0 saturated heterocycles. The fourth-order valence-corrected chi connectivity index (χ4v) is 5.86. The van der Waals surface area contributed by atoms with Crippen molar-refractivity contribution in [3.05, 3.63) is 59.2 Å². The van der Waals surface area contributed by atoms with E-state index in [-0.39, 0.29) is 24.0 Å². The summed E-state index contributed by atoms with van der Waals surface area (Å²) in [6.45, 7) is 0. The second-order valence-corrected chi connectivity index (χ2v) is 12.1. The van der Waals surface area contributed by atoms with Crippen molar-refractivity contribution in [2.45, 2.75) is 40.8 Å². The maximum atomic E-state index is 13.2. The van der Waals surface area contributed by atoms with Crippen LogP contribution in [-0.2, 0) is 43.4 Å². The van der Waals surface area contributed by atoms with Gasteiger partial charge in [0.25, 0.3) is 15.9 Å². The number of amides is 1. The van der Waals surface area contributed by atoms with Crippen molar-refractivity contribution in [3.8, 4) is 0 Å². The van der Waals surface area contributed by atoms with E-state index < -0.39 is 83.4 Å². The summed E-state index contributed by atoms with van der Waals surface area (Å²) in [6.07, 6.45) is -14.9. The molecule has 40 heavy (non-hydrogen) atoms. The Morgan fingerprint density at radius 3 is 1.82 bits per heavy atom. The zero-order valence-electron chi connectivity index (χ0n) is 19.7. The molecule has 0 fully saturated rings. The van der Waals surface area contributed by atoms with E-state index in [9.17, 15) is 61.1 Å². The van der Waals surface area contributed by atoms with Crippen LogP contribution in [0, 0.1) is 0 Å². The molecule has 0 radical (unpaired) electrons. The highest BCUT2D eigenvalue weighted by molar-refractivity contribution is 7.98. The van der Waals surface area contributed by atoms with E-state index in [1.54, 1.807) is 4.72 Å². The average Bonchev–Trinajstić information content (AvgIpc) is 2.83. The van der Waals surface area contributed by atoms with E-state index in [0.29, 0.717) is 12.1 Å². The smallest absolute Gasteiger partial charge is 0.276 e. The number of hydrogen-bond donors (Lipinski definition) is 3. The van der Waals surface area contributed by atoms with Gasteiger partial charge in [-0.2, -0.15) is 56.0 Å². The summed E-state index contributed by atoms with van der Waals surface area (Å²) < 4.78 is 170. The highest BCUT2D eigenvalue weighted by Gasteiger charge is 2.40. The molecule has 8 nitrogen and oxygen atoms in total. The van der Waals surface area contributed by atoms with Crippen LogP contribution in [0.25, 0.3) is 0 Å². The van der Waals surface area contributed by atoms with Gasteiger partial charge in [-0.1, -0.05) is 12.1 Å². The molecule has 1 unspecified atom stereocenters. The lowest BCUT2D eigenvalue weighted by Gasteiger charge is -2.20. The molecule has 1 atom stereocenters. The van der Waals surface area contributed by atoms with Crippen LogP contribution in [0.15, 0.2) is 52.3 Å². The Kier molecular flexibility index (Phi) is 10.2. The first-order valence-corrected chi connectivity index (χ1v) is 14.7. The maximum Gasteiger partial charge on any atom is 0.417 e. The topological polar surface area (TPSA) is 121 Å². The van der Waals surface area contributed by atoms with Crippen molar-refractivity contribution in [2.75, 3.05) is 12.0 Å². The van der Waals surface area contributed by atoms with Crippen molar-refractivity contribution in [1.82, 2.24) is 15.0 Å². The van der Waals surface area contributed by atoms with Crippen LogP contribution >= 0.6 is 11.8 Å². The van der Waals surface area contributed by atoms with Crippen molar-refractivity contribution in [2.24, 2.45) is 0 Å². The predicted octanol–water partition coefficient (Wildman–Crippen LogP) is 4.15. The Balaban J connectivity index is 2.39. The number of halogens is 9. The molecule has 2 aromatic rings. The third-order valence-electron chi connectivity index (χ3n) is 4.89. The number of alkyl halides is 9. The van der Waals surface area contributed by atoms with Gasteiger partial charge in [0.2, 0.25) is 10.0 Å². The van der Waals surface area contributed by atoms with Crippen molar-refractivity contribution in [3.63, 3.8) is 0 Å². The third-order valence-corrected chi connectivity index (χ3v) is 8.29. The molecular formula is C20H18F9N3O5S3. The molecule has 0 aliphatic rings. The summed E-state index contributed by atoms with van der Waals surface area (Å²) in [5.74, 6) is -1.55. The number of benzene rings is 2. The quantitative estimate of drug-likeness (QED) is 0.263. The molecule has 20 heteroatoms. The molecule has 2 aromatic carbocycles. The minimum Gasteiger partial charge on any atom is -0.276 e. The minimum atomic E-state index is -5.38. The fraction of sp³-hybridized carbons (Fsp3) is 0.350. The Labute approximate surface area is 225 Å². The number of carbonyl (C=O) groups is 1. The highest BCUT2D eigenvalue weighted by Crippen LogP contribution is 2.37. The minimum absolute atomic E-state index is 0.0271. The van der Waals surface area contributed by atoms with Gasteiger partial charge < -0.3 is 0 Å². The molecule has 0 spiro atoms. The molecule has 0 bridgehead atoms. The summed E-state index contributed by atoms with van der Waals surface area (Å²) in [4.78, 5) is 11.2. The number of rotatable bonds is 10. The van der Waals surface area contributed by atoms with Crippen LogP contribution in [0.3, 0.4) is 0 Å². The predicted molar refractivity (Wildman–Crippen MR) is 123 cm³/mol. The molecule has 0 aromatic heterocycles. The van der Waals surface area contributed by atoms with E-state index in [0.717, 1.165) is 23.9 Å². The van der Waals surface area contributed by atoms with E-state index in [1.165, 1.54) is 16.5 Å². The number of sulfonamides is 2. The first-order chi connectivity index (χ1) is 18.1. The maximum absolute atomic E-state index is 13.2. The highest BCUT2D eigenvalue weighted by atomic mass is 32.2. The normalized spacial score (nSPS) is 14.2. The lowest BCUT2D eigenvalue weighted by atomic mass is 10.1. The molecule has 0 aliphatic heterocycles. The van der Waals surface area contributed by atoms with Gasteiger partial charge in [0.1, 0.15) is 6.04 Å². The lowest BCUT2D eigenvalue weighted by molar-refractivity contribution is -0.143. The fourth-order valence-electron chi connectivity index (χ4n) is 3.01. The SMILES string of the molecule is CSCCC(NS(=O)(=O)c1cc(C(F)(F)F)cc(C(F)(F)F)c1)C(=O)NNS(=O)(=O)c1ccccc1C(F)(F)F. The first kappa shape index (κ1) is 33.7. The van der Waals surface area contributed by atoms with Gasteiger partial charge in [-0.05, 0) is 48.8 Å². The van der Waals surface area contributed by atoms with Crippen molar-refractivity contribution < 1.29 is 61.1 Å². The van der Waals surface area contributed by atoms with E-state index in [2.05, 4.69) is 0 Å². The van der Waals surface area contributed by atoms with Crippen LogP contribution in [0.1, 0.15) is 23.1 Å². The summed E-state index contributed by atoms with van der Waals surface area (Å²) >= 11 is 1.03. The molecular weight excluding hydrogens is 629 g/mol. The zero-order valence-corrected chi connectivity index (χ0v) is 22.2. The Morgan fingerprint density at radius 2 is 1.35 bits per heavy atom. The second-order valence-electron chi connectivity index (χ2n) is 7.79. The Morgan fingerprint density at radius 1 is 0.825 bits per heavy atom. The number of hydrogen-bond acceptors (Lipinski definition) is 6. The lowest BCUT2D eigenvalue weighted by Crippen LogP contribution is -2.52. The van der Waals surface area contributed by atoms with Gasteiger partial charge in [-0.15, -0.1) is 4.83 Å². The van der Waals surface area contributed by atoms with E-state index >= 15 is 0 Å².